The molecular weight excluding hydrogens is 242 g/mol. The number of aliphatic carboxylic acids is 1. The van der Waals surface area contributed by atoms with Crippen molar-refractivity contribution in [3.8, 4) is 0 Å². The Morgan fingerprint density at radius 2 is 2.12 bits per heavy atom. The smallest absolute Gasteiger partial charge is 0.321 e. The van der Waals surface area contributed by atoms with Crippen LogP contribution in [0.25, 0.3) is 0 Å². The number of rotatable bonds is 8. The van der Waals surface area contributed by atoms with Crippen molar-refractivity contribution in [2.75, 3.05) is 5.75 Å². The van der Waals surface area contributed by atoms with Crippen LogP contribution in [0.1, 0.15) is 45.4 Å². The first-order chi connectivity index (χ1) is 7.94. The van der Waals surface area contributed by atoms with E-state index in [-0.39, 0.29) is 5.75 Å². The van der Waals surface area contributed by atoms with E-state index in [1.165, 1.54) is 6.42 Å². The SMILES string of the molecule is CCCC(NS(=O)(=O)CCC1CCC1)C(=O)O. The number of sulfonamides is 1. The summed E-state index contributed by atoms with van der Waals surface area (Å²) in [6.45, 7) is 1.83. The maximum absolute atomic E-state index is 11.7. The van der Waals surface area contributed by atoms with Gasteiger partial charge in [-0.1, -0.05) is 32.6 Å². The van der Waals surface area contributed by atoms with Gasteiger partial charge in [-0.2, -0.15) is 0 Å². The lowest BCUT2D eigenvalue weighted by Gasteiger charge is -2.25. The summed E-state index contributed by atoms with van der Waals surface area (Å²) in [5.41, 5.74) is 0. The third-order valence-corrected chi connectivity index (χ3v) is 4.63. The molecule has 6 heteroatoms. The molecule has 0 aromatic carbocycles. The highest BCUT2D eigenvalue weighted by Gasteiger charge is 2.25. The van der Waals surface area contributed by atoms with Crippen molar-refractivity contribution in [3.63, 3.8) is 0 Å². The summed E-state index contributed by atoms with van der Waals surface area (Å²) >= 11 is 0. The molecule has 0 saturated heterocycles. The van der Waals surface area contributed by atoms with Crippen molar-refractivity contribution in [1.82, 2.24) is 4.72 Å². The van der Waals surface area contributed by atoms with E-state index in [0.29, 0.717) is 25.2 Å². The molecule has 1 atom stereocenters. The fraction of sp³-hybridized carbons (Fsp3) is 0.909. The molecule has 1 fully saturated rings. The summed E-state index contributed by atoms with van der Waals surface area (Å²) in [5, 5.41) is 8.88. The third kappa shape index (κ3) is 5.04. The lowest BCUT2D eigenvalue weighted by atomic mass is 9.84. The minimum absolute atomic E-state index is 0.0468. The molecule has 100 valence electrons. The highest BCUT2D eigenvalue weighted by atomic mass is 32.2. The van der Waals surface area contributed by atoms with Crippen LogP contribution in [0.5, 0.6) is 0 Å². The highest BCUT2D eigenvalue weighted by molar-refractivity contribution is 7.89. The molecule has 1 aliphatic rings. The van der Waals surface area contributed by atoms with Crippen LogP contribution < -0.4 is 4.72 Å². The topological polar surface area (TPSA) is 83.5 Å². The quantitative estimate of drug-likeness (QED) is 0.692. The van der Waals surface area contributed by atoms with Crippen molar-refractivity contribution < 1.29 is 18.3 Å². The summed E-state index contributed by atoms with van der Waals surface area (Å²) in [5.74, 6) is -0.536. The van der Waals surface area contributed by atoms with Gasteiger partial charge in [-0.15, -0.1) is 0 Å². The molecule has 1 saturated carbocycles. The molecule has 1 unspecified atom stereocenters. The highest BCUT2D eigenvalue weighted by Crippen LogP contribution is 2.29. The molecule has 17 heavy (non-hydrogen) atoms. The van der Waals surface area contributed by atoms with Gasteiger partial charge in [0.05, 0.1) is 5.75 Å². The van der Waals surface area contributed by atoms with E-state index in [9.17, 15) is 13.2 Å². The van der Waals surface area contributed by atoms with Crippen molar-refractivity contribution >= 4 is 16.0 Å². The molecule has 0 bridgehead atoms. The molecule has 0 aliphatic heterocycles. The van der Waals surface area contributed by atoms with Gasteiger partial charge >= 0.3 is 5.97 Å². The van der Waals surface area contributed by atoms with Crippen LogP contribution in [-0.4, -0.2) is 31.3 Å². The average molecular weight is 263 g/mol. The molecule has 0 aromatic rings. The molecule has 1 aliphatic carbocycles. The summed E-state index contributed by atoms with van der Waals surface area (Å²) in [7, 11) is -3.45. The summed E-state index contributed by atoms with van der Waals surface area (Å²) in [6, 6.07) is -0.980. The molecule has 0 radical (unpaired) electrons. The molecule has 2 N–H and O–H groups in total. The zero-order valence-electron chi connectivity index (χ0n) is 10.2. The average Bonchev–Trinajstić information content (AvgIpc) is 2.13. The van der Waals surface area contributed by atoms with Crippen LogP contribution in [0.2, 0.25) is 0 Å². The fourth-order valence-electron chi connectivity index (χ4n) is 1.90. The Morgan fingerprint density at radius 3 is 2.53 bits per heavy atom. The van der Waals surface area contributed by atoms with E-state index < -0.39 is 22.0 Å². The summed E-state index contributed by atoms with van der Waals surface area (Å²) < 4.78 is 25.7. The Kier molecular flexibility index (Phi) is 5.39. The van der Waals surface area contributed by atoms with E-state index in [2.05, 4.69) is 4.72 Å². The number of hydrogen-bond acceptors (Lipinski definition) is 3. The molecule has 5 nitrogen and oxygen atoms in total. The van der Waals surface area contributed by atoms with Crippen LogP contribution in [0.4, 0.5) is 0 Å². The minimum atomic E-state index is -3.45. The standard InChI is InChI=1S/C11H21NO4S/c1-2-4-10(11(13)14)12-17(15,16)8-7-9-5-3-6-9/h9-10,12H,2-8H2,1H3,(H,13,14). The monoisotopic (exact) mass is 263 g/mol. The molecule has 0 spiro atoms. The van der Waals surface area contributed by atoms with Gasteiger partial charge in [0.1, 0.15) is 6.04 Å². The van der Waals surface area contributed by atoms with E-state index in [4.69, 9.17) is 5.11 Å². The summed E-state index contributed by atoms with van der Waals surface area (Å²) in [6.07, 6.45) is 5.01. The fourth-order valence-corrected chi connectivity index (χ4v) is 3.31. The zero-order chi connectivity index (χ0) is 12.9. The third-order valence-electron chi connectivity index (χ3n) is 3.22. The molecule has 1 rings (SSSR count). The zero-order valence-corrected chi connectivity index (χ0v) is 11.0. The first-order valence-electron chi connectivity index (χ1n) is 6.17. The second-order valence-corrected chi connectivity index (χ2v) is 6.58. The van der Waals surface area contributed by atoms with E-state index >= 15 is 0 Å². The molecule has 0 aromatic heterocycles. The normalized spacial score (nSPS) is 18.6. The lowest BCUT2D eigenvalue weighted by Crippen LogP contribution is -2.42. The Balaban J connectivity index is 2.41. The predicted molar refractivity (Wildman–Crippen MR) is 65.2 cm³/mol. The molecular formula is C11H21NO4S. The summed E-state index contributed by atoms with van der Waals surface area (Å²) in [4.78, 5) is 10.8. The molecule has 0 amide bonds. The van der Waals surface area contributed by atoms with Crippen molar-refractivity contribution in [1.29, 1.82) is 0 Å². The van der Waals surface area contributed by atoms with Crippen molar-refractivity contribution in [3.05, 3.63) is 0 Å². The maximum atomic E-state index is 11.7. The second-order valence-electron chi connectivity index (χ2n) is 4.70. The number of carboxylic acid groups (broad SMARTS) is 1. The van der Waals surface area contributed by atoms with Crippen LogP contribution in [0.3, 0.4) is 0 Å². The van der Waals surface area contributed by atoms with E-state index in [1.54, 1.807) is 0 Å². The number of carbonyl (C=O) groups is 1. The lowest BCUT2D eigenvalue weighted by molar-refractivity contribution is -0.139. The van der Waals surface area contributed by atoms with Gasteiger partial charge in [0.25, 0.3) is 0 Å². The van der Waals surface area contributed by atoms with Crippen LogP contribution in [0, 0.1) is 5.92 Å². The van der Waals surface area contributed by atoms with Gasteiger partial charge in [0, 0.05) is 0 Å². The number of hydrogen-bond donors (Lipinski definition) is 2. The minimum Gasteiger partial charge on any atom is -0.480 e. The number of carboxylic acids is 1. The van der Waals surface area contributed by atoms with E-state index in [0.717, 1.165) is 12.8 Å². The van der Waals surface area contributed by atoms with Crippen molar-refractivity contribution in [2.24, 2.45) is 5.92 Å². The first kappa shape index (κ1) is 14.4. The van der Waals surface area contributed by atoms with Gasteiger partial charge in [-0.25, -0.2) is 13.1 Å². The largest absolute Gasteiger partial charge is 0.480 e. The molecule has 0 heterocycles. The van der Waals surface area contributed by atoms with Gasteiger partial charge in [-0.3, -0.25) is 4.79 Å². The predicted octanol–water partition coefficient (Wildman–Crippen LogP) is 1.35. The van der Waals surface area contributed by atoms with E-state index in [1.807, 2.05) is 6.92 Å². The Hall–Kier alpha value is -0.620. The van der Waals surface area contributed by atoms with Crippen molar-refractivity contribution in [2.45, 2.75) is 51.5 Å². The van der Waals surface area contributed by atoms with Crippen LogP contribution in [0.15, 0.2) is 0 Å². The van der Waals surface area contributed by atoms with Gasteiger partial charge in [-0.05, 0) is 18.8 Å². The first-order valence-corrected chi connectivity index (χ1v) is 7.82. The van der Waals surface area contributed by atoms with Gasteiger partial charge < -0.3 is 5.11 Å². The van der Waals surface area contributed by atoms with Crippen LogP contribution >= 0.6 is 0 Å². The second kappa shape index (κ2) is 6.35. The van der Waals surface area contributed by atoms with Gasteiger partial charge in [0.2, 0.25) is 10.0 Å². The Morgan fingerprint density at radius 1 is 1.47 bits per heavy atom. The Bertz CT molecular complexity index is 348. The number of nitrogens with one attached hydrogen (secondary N) is 1. The Labute approximate surface area is 103 Å². The maximum Gasteiger partial charge on any atom is 0.321 e. The van der Waals surface area contributed by atoms with Crippen LogP contribution in [-0.2, 0) is 14.8 Å². The van der Waals surface area contributed by atoms with Gasteiger partial charge in [0.15, 0.2) is 0 Å².